The van der Waals surface area contributed by atoms with Gasteiger partial charge in [0.05, 0.1) is 42.4 Å². The van der Waals surface area contributed by atoms with Crippen molar-refractivity contribution in [2.45, 2.75) is 44.8 Å². The van der Waals surface area contributed by atoms with E-state index in [4.69, 9.17) is 9.47 Å². The average Bonchev–Trinajstić information content (AvgIpc) is 3.28. The van der Waals surface area contributed by atoms with Gasteiger partial charge in [0.2, 0.25) is 5.95 Å². The number of hydrogen-bond acceptors (Lipinski definition) is 7. The lowest BCUT2D eigenvalue weighted by molar-refractivity contribution is 0.0568. The number of methoxy groups -OCH3 is 2. The van der Waals surface area contributed by atoms with Crippen LogP contribution < -0.4 is 5.32 Å². The fourth-order valence-corrected chi connectivity index (χ4v) is 3.98. The van der Waals surface area contributed by atoms with Gasteiger partial charge >= 0.3 is 5.97 Å². The zero-order chi connectivity index (χ0) is 21.8. The Morgan fingerprint density at radius 3 is 2.71 bits per heavy atom. The number of hydrogen-bond donors (Lipinski definition) is 1. The molecular weight excluding hydrogens is 394 g/mol. The number of carbonyl (C=O) groups excluding carboxylic acids is 1. The Bertz CT molecular complexity index is 1060. The largest absolute Gasteiger partial charge is 0.465 e. The van der Waals surface area contributed by atoms with Crippen LogP contribution in [0.25, 0.3) is 11.3 Å². The van der Waals surface area contributed by atoms with Crippen LogP contribution in [-0.2, 0) is 9.47 Å². The first kappa shape index (κ1) is 21.0. The minimum absolute atomic E-state index is 0.362. The Morgan fingerprint density at radius 1 is 1.16 bits per heavy atom. The molecule has 0 spiro atoms. The fourth-order valence-electron chi connectivity index (χ4n) is 3.98. The number of carbonyl (C=O) groups is 1. The molecule has 1 aromatic carbocycles. The first-order chi connectivity index (χ1) is 15.1. The van der Waals surface area contributed by atoms with Crippen LogP contribution in [0.1, 0.15) is 47.6 Å². The minimum Gasteiger partial charge on any atom is -0.465 e. The highest BCUT2D eigenvalue weighted by atomic mass is 16.5. The smallest absolute Gasteiger partial charge is 0.337 e. The van der Waals surface area contributed by atoms with Crippen LogP contribution in [0.3, 0.4) is 0 Å². The molecule has 162 valence electrons. The van der Waals surface area contributed by atoms with Gasteiger partial charge in [-0.2, -0.15) is 5.10 Å². The second kappa shape index (κ2) is 9.26. The van der Waals surface area contributed by atoms with Gasteiger partial charge in [-0.1, -0.05) is 12.1 Å². The molecule has 4 rings (SSSR count). The standard InChI is InChI=1S/C23H27N5O3/c1-15-12-24-23(27-21(15)16-5-4-6-17(11-16)22(29)31-3)26-18-13-25-28(14-18)19-7-9-20(30-2)10-8-19/h4-6,11-14,19-20H,7-10H2,1-3H3,(H,24,26,27). The lowest BCUT2D eigenvalue weighted by Crippen LogP contribution is -2.22. The van der Waals surface area contributed by atoms with Crippen molar-refractivity contribution in [1.29, 1.82) is 0 Å². The van der Waals surface area contributed by atoms with Crippen molar-refractivity contribution in [2.24, 2.45) is 0 Å². The van der Waals surface area contributed by atoms with Crippen molar-refractivity contribution in [3.05, 3.63) is 54.0 Å². The van der Waals surface area contributed by atoms with E-state index < -0.39 is 0 Å². The molecule has 3 aromatic rings. The zero-order valence-electron chi connectivity index (χ0n) is 18.0. The molecule has 1 aliphatic carbocycles. The van der Waals surface area contributed by atoms with E-state index in [1.807, 2.05) is 29.9 Å². The fraction of sp³-hybridized carbons (Fsp3) is 0.391. The van der Waals surface area contributed by atoms with Gasteiger partial charge < -0.3 is 14.8 Å². The highest BCUT2D eigenvalue weighted by Crippen LogP contribution is 2.30. The maximum atomic E-state index is 11.9. The van der Waals surface area contributed by atoms with E-state index in [0.717, 1.165) is 48.2 Å². The van der Waals surface area contributed by atoms with Crippen LogP contribution in [0, 0.1) is 6.92 Å². The van der Waals surface area contributed by atoms with Gasteiger partial charge in [-0.05, 0) is 50.3 Å². The summed E-state index contributed by atoms with van der Waals surface area (Å²) in [6.07, 6.45) is 10.1. The van der Waals surface area contributed by atoms with E-state index in [-0.39, 0.29) is 5.97 Å². The molecule has 31 heavy (non-hydrogen) atoms. The van der Waals surface area contributed by atoms with Crippen molar-refractivity contribution in [1.82, 2.24) is 19.7 Å². The number of aromatic nitrogens is 4. The van der Waals surface area contributed by atoms with Crippen LogP contribution >= 0.6 is 0 Å². The van der Waals surface area contributed by atoms with E-state index in [1.54, 1.807) is 31.6 Å². The maximum Gasteiger partial charge on any atom is 0.337 e. The van der Waals surface area contributed by atoms with Gasteiger partial charge in [0.25, 0.3) is 0 Å². The van der Waals surface area contributed by atoms with Crippen molar-refractivity contribution < 1.29 is 14.3 Å². The predicted molar refractivity (Wildman–Crippen MR) is 117 cm³/mol. The molecule has 1 saturated carbocycles. The highest BCUT2D eigenvalue weighted by molar-refractivity contribution is 5.90. The molecule has 2 heterocycles. The number of nitrogens with one attached hydrogen (secondary N) is 1. The van der Waals surface area contributed by atoms with Gasteiger partial charge in [-0.25, -0.2) is 14.8 Å². The summed E-state index contributed by atoms with van der Waals surface area (Å²) in [5, 5.41) is 7.78. The molecule has 8 heteroatoms. The van der Waals surface area contributed by atoms with Gasteiger partial charge in [0, 0.05) is 25.1 Å². The zero-order valence-corrected chi connectivity index (χ0v) is 18.0. The molecule has 0 atom stereocenters. The number of rotatable bonds is 6. The number of anilines is 2. The molecular formula is C23H27N5O3. The molecule has 0 aliphatic heterocycles. The van der Waals surface area contributed by atoms with Gasteiger partial charge in [-0.15, -0.1) is 0 Å². The summed E-state index contributed by atoms with van der Waals surface area (Å²) in [5.74, 6) is 0.102. The monoisotopic (exact) mass is 421 g/mol. The van der Waals surface area contributed by atoms with E-state index in [0.29, 0.717) is 23.7 Å². The summed E-state index contributed by atoms with van der Waals surface area (Å²) in [7, 11) is 3.15. The quantitative estimate of drug-likeness (QED) is 0.593. The molecule has 1 aliphatic rings. The summed E-state index contributed by atoms with van der Waals surface area (Å²) >= 11 is 0. The number of aryl methyl sites for hydroxylation is 1. The third-order valence-electron chi connectivity index (χ3n) is 5.74. The van der Waals surface area contributed by atoms with E-state index in [1.165, 1.54) is 7.11 Å². The lowest BCUT2D eigenvalue weighted by Gasteiger charge is -2.27. The topological polar surface area (TPSA) is 91.2 Å². The molecule has 1 N–H and O–H groups in total. The Balaban J connectivity index is 1.51. The molecule has 8 nitrogen and oxygen atoms in total. The maximum absolute atomic E-state index is 11.9. The van der Waals surface area contributed by atoms with Crippen LogP contribution in [-0.4, -0.2) is 46.0 Å². The Morgan fingerprint density at radius 2 is 1.97 bits per heavy atom. The lowest BCUT2D eigenvalue weighted by atomic mass is 9.93. The first-order valence-electron chi connectivity index (χ1n) is 10.4. The molecule has 0 amide bonds. The van der Waals surface area contributed by atoms with Crippen LogP contribution in [0.15, 0.2) is 42.9 Å². The summed E-state index contributed by atoms with van der Waals surface area (Å²) < 4.78 is 12.3. The molecule has 2 aromatic heterocycles. The van der Waals surface area contributed by atoms with Crippen LogP contribution in [0.4, 0.5) is 11.6 Å². The summed E-state index contributed by atoms with van der Waals surface area (Å²) in [4.78, 5) is 21.0. The van der Waals surface area contributed by atoms with Crippen molar-refractivity contribution in [3.8, 4) is 11.3 Å². The highest BCUT2D eigenvalue weighted by Gasteiger charge is 2.22. The predicted octanol–water partition coefficient (Wildman–Crippen LogP) is 4.31. The van der Waals surface area contributed by atoms with Crippen molar-refractivity contribution in [3.63, 3.8) is 0 Å². The van der Waals surface area contributed by atoms with Gasteiger partial charge in [0.1, 0.15) is 0 Å². The molecule has 0 radical (unpaired) electrons. The molecule has 1 fully saturated rings. The van der Waals surface area contributed by atoms with Crippen molar-refractivity contribution in [2.75, 3.05) is 19.5 Å². The van der Waals surface area contributed by atoms with Gasteiger partial charge in [-0.3, -0.25) is 4.68 Å². The number of nitrogens with zero attached hydrogens (tertiary/aromatic N) is 4. The number of ether oxygens (including phenoxy) is 2. The second-order valence-corrected chi connectivity index (χ2v) is 7.80. The van der Waals surface area contributed by atoms with E-state index in [2.05, 4.69) is 20.4 Å². The van der Waals surface area contributed by atoms with E-state index >= 15 is 0 Å². The van der Waals surface area contributed by atoms with Crippen molar-refractivity contribution >= 4 is 17.6 Å². The van der Waals surface area contributed by atoms with E-state index in [9.17, 15) is 4.79 Å². The minimum atomic E-state index is -0.376. The normalized spacial score (nSPS) is 18.5. The SMILES string of the molecule is COC(=O)c1cccc(-c2nc(Nc3cnn(C4CCC(OC)CC4)c3)ncc2C)c1. The molecule has 0 saturated heterocycles. The van der Waals surface area contributed by atoms with Gasteiger partial charge in [0.15, 0.2) is 0 Å². The third-order valence-corrected chi connectivity index (χ3v) is 5.74. The summed E-state index contributed by atoms with van der Waals surface area (Å²) in [5.41, 5.74) is 3.83. The third kappa shape index (κ3) is 4.74. The Kier molecular flexibility index (Phi) is 6.27. The summed E-state index contributed by atoms with van der Waals surface area (Å²) in [6.45, 7) is 1.94. The summed E-state index contributed by atoms with van der Waals surface area (Å²) in [6, 6.07) is 7.62. The number of benzene rings is 1. The first-order valence-corrected chi connectivity index (χ1v) is 10.4. The van der Waals surface area contributed by atoms with Crippen LogP contribution in [0.2, 0.25) is 0 Å². The number of esters is 1. The van der Waals surface area contributed by atoms with Crippen LogP contribution in [0.5, 0.6) is 0 Å². The Hall–Kier alpha value is -3.26. The molecule has 0 bridgehead atoms. The average molecular weight is 422 g/mol. The Labute approximate surface area is 181 Å². The molecule has 0 unspecified atom stereocenters. The second-order valence-electron chi connectivity index (χ2n) is 7.80.